The zero-order valence-electron chi connectivity index (χ0n) is 8.59. The largest absolute Gasteiger partial charge is 0.357 e. The Morgan fingerprint density at radius 2 is 2.35 bits per heavy atom. The number of nitro groups is 1. The second kappa shape index (κ2) is 5.11. The van der Waals surface area contributed by atoms with Crippen molar-refractivity contribution in [2.45, 2.75) is 6.54 Å². The Hall–Kier alpha value is -1.66. The molecular weight excluding hydrogens is 262 g/mol. The van der Waals surface area contributed by atoms with Gasteiger partial charge in [-0.2, -0.15) is 0 Å². The third-order valence-electron chi connectivity index (χ3n) is 2.04. The van der Waals surface area contributed by atoms with E-state index in [9.17, 15) is 10.1 Å². The molecule has 0 aliphatic rings. The van der Waals surface area contributed by atoms with Gasteiger partial charge in [0.05, 0.1) is 4.92 Å². The first kappa shape index (κ1) is 11.8. The minimum atomic E-state index is -0.413. The molecule has 0 atom stereocenters. The second-order valence-corrected chi connectivity index (χ2v) is 4.50. The highest BCUT2D eigenvalue weighted by Gasteiger charge is 2.06. The van der Waals surface area contributed by atoms with Gasteiger partial charge in [-0.3, -0.25) is 10.1 Å². The zero-order chi connectivity index (χ0) is 12.3. The first-order chi connectivity index (χ1) is 8.15. The van der Waals surface area contributed by atoms with Gasteiger partial charge in [0, 0.05) is 24.1 Å². The van der Waals surface area contributed by atoms with Crippen molar-refractivity contribution < 1.29 is 4.92 Å². The highest BCUT2D eigenvalue weighted by atomic mass is 35.5. The Balaban J connectivity index is 2.04. The number of aromatic nitrogens is 1. The number of anilines is 1. The third kappa shape index (κ3) is 3.15. The van der Waals surface area contributed by atoms with Crippen LogP contribution in [0.3, 0.4) is 0 Å². The molecule has 1 aromatic carbocycles. The molecule has 0 spiro atoms. The van der Waals surface area contributed by atoms with Crippen molar-refractivity contribution in [3.8, 4) is 0 Å². The minimum Gasteiger partial charge on any atom is -0.357 e. The zero-order valence-corrected chi connectivity index (χ0v) is 10.2. The van der Waals surface area contributed by atoms with Crippen molar-refractivity contribution in [2.24, 2.45) is 0 Å². The van der Waals surface area contributed by atoms with E-state index in [0.29, 0.717) is 16.8 Å². The molecule has 5 nitrogen and oxygen atoms in total. The highest BCUT2D eigenvalue weighted by Crippen LogP contribution is 2.20. The Morgan fingerprint density at radius 3 is 3.00 bits per heavy atom. The van der Waals surface area contributed by atoms with Gasteiger partial charge >= 0.3 is 0 Å². The number of hydrogen-bond donors (Lipinski definition) is 1. The lowest BCUT2D eigenvalue weighted by molar-refractivity contribution is -0.384. The monoisotopic (exact) mass is 269 g/mol. The summed E-state index contributed by atoms with van der Waals surface area (Å²) in [6.45, 7) is 0.478. The van der Waals surface area contributed by atoms with Gasteiger partial charge in [-0.05, 0) is 5.56 Å². The van der Waals surface area contributed by atoms with Gasteiger partial charge in [0.1, 0.15) is 5.15 Å². The number of rotatable bonds is 4. The average Bonchev–Trinajstić information content (AvgIpc) is 2.73. The van der Waals surface area contributed by atoms with Crippen LogP contribution >= 0.6 is 22.9 Å². The molecule has 0 fully saturated rings. The van der Waals surface area contributed by atoms with Crippen LogP contribution in [0.5, 0.6) is 0 Å². The van der Waals surface area contributed by atoms with Crippen molar-refractivity contribution in [3.05, 3.63) is 50.5 Å². The molecule has 1 N–H and O–H groups in total. The van der Waals surface area contributed by atoms with Gasteiger partial charge in [0.25, 0.3) is 5.69 Å². The number of nitrogens with one attached hydrogen (secondary N) is 1. The number of nitrogens with zero attached hydrogens (tertiary/aromatic N) is 2. The van der Waals surface area contributed by atoms with Crippen LogP contribution in [0.2, 0.25) is 5.15 Å². The smallest absolute Gasteiger partial charge is 0.269 e. The van der Waals surface area contributed by atoms with Crippen molar-refractivity contribution >= 4 is 33.8 Å². The molecule has 88 valence electrons. The van der Waals surface area contributed by atoms with Gasteiger partial charge in [0.2, 0.25) is 0 Å². The normalized spacial score (nSPS) is 10.2. The molecular formula is C10H8ClN3O2S. The van der Waals surface area contributed by atoms with Crippen LogP contribution in [0.15, 0.2) is 29.6 Å². The van der Waals surface area contributed by atoms with Crippen molar-refractivity contribution in [1.82, 2.24) is 4.98 Å². The van der Waals surface area contributed by atoms with E-state index in [1.807, 2.05) is 6.07 Å². The number of non-ortho nitro benzene ring substituents is 1. The Labute approximate surface area is 106 Å². The first-order valence-electron chi connectivity index (χ1n) is 4.73. The molecule has 0 aliphatic carbocycles. The highest BCUT2D eigenvalue weighted by molar-refractivity contribution is 7.14. The fraction of sp³-hybridized carbons (Fsp3) is 0.100. The van der Waals surface area contributed by atoms with Gasteiger partial charge in [-0.1, -0.05) is 23.7 Å². The predicted molar refractivity (Wildman–Crippen MR) is 67.5 cm³/mol. The summed E-state index contributed by atoms with van der Waals surface area (Å²) in [5.41, 5.74) is 0.909. The maximum atomic E-state index is 10.6. The average molecular weight is 270 g/mol. The topological polar surface area (TPSA) is 68.1 Å². The van der Waals surface area contributed by atoms with Gasteiger partial charge in [-0.25, -0.2) is 4.98 Å². The molecule has 1 aromatic heterocycles. The summed E-state index contributed by atoms with van der Waals surface area (Å²) in [7, 11) is 0. The molecule has 0 saturated heterocycles. The molecule has 17 heavy (non-hydrogen) atoms. The van der Waals surface area contributed by atoms with Crippen molar-refractivity contribution in [1.29, 1.82) is 0 Å². The number of halogens is 1. The van der Waals surface area contributed by atoms with E-state index in [4.69, 9.17) is 11.6 Å². The van der Waals surface area contributed by atoms with Crippen LogP contribution in [0.1, 0.15) is 5.56 Å². The lowest BCUT2D eigenvalue weighted by atomic mass is 10.2. The van der Waals surface area contributed by atoms with Gasteiger partial charge < -0.3 is 5.32 Å². The van der Waals surface area contributed by atoms with Crippen LogP contribution in [0.25, 0.3) is 0 Å². The molecule has 0 radical (unpaired) electrons. The van der Waals surface area contributed by atoms with Gasteiger partial charge in [0.15, 0.2) is 5.13 Å². The second-order valence-electron chi connectivity index (χ2n) is 3.26. The Morgan fingerprint density at radius 1 is 1.53 bits per heavy atom. The van der Waals surface area contributed by atoms with E-state index >= 15 is 0 Å². The molecule has 0 amide bonds. The maximum Gasteiger partial charge on any atom is 0.269 e. The van der Waals surface area contributed by atoms with Crippen LogP contribution in [-0.4, -0.2) is 9.91 Å². The maximum absolute atomic E-state index is 10.6. The minimum absolute atomic E-state index is 0.0847. The number of hydrogen-bond acceptors (Lipinski definition) is 5. The molecule has 2 rings (SSSR count). The molecule has 7 heteroatoms. The van der Waals surface area contributed by atoms with Crippen LogP contribution in [-0.2, 0) is 6.54 Å². The van der Waals surface area contributed by atoms with E-state index in [-0.39, 0.29) is 5.69 Å². The SMILES string of the molecule is O=[N+]([O-])c1cccc(CNc2nc(Cl)cs2)c1. The summed E-state index contributed by atoms with van der Waals surface area (Å²) < 4.78 is 0. The Kier molecular flexibility index (Phi) is 3.55. The van der Waals surface area contributed by atoms with E-state index < -0.39 is 4.92 Å². The molecule has 1 heterocycles. The lowest BCUT2D eigenvalue weighted by Gasteiger charge is -2.02. The summed E-state index contributed by atoms with van der Waals surface area (Å²) in [6, 6.07) is 6.46. The summed E-state index contributed by atoms with van der Waals surface area (Å²) in [6.07, 6.45) is 0. The lowest BCUT2D eigenvalue weighted by Crippen LogP contribution is -1.99. The van der Waals surface area contributed by atoms with E-state index in [2.05, 4.69) is 10.3 Å². The molecule has 0 bridgehead atoms. The number of benzene rings is 1. The van der Waals surface area contributed by atoms with Gasteiger partial charge in [-0.15, -0.1) is 11.3 Å². The molecule has 0 unspecified atom stereocenters. The fourth-order valence-electron chi connectivity index (χ4n) is 1.29. The summed E-state index contributed by atoms with van der Waals surface area (Å²) in [5, 5.41) is 16.5. The fourth-order valence-corrected chi connectivity index (χ4v) is 2.13. The standard InChI is InChI=1S/C10H8ClN3O2S/c11-9-6-17-10(13-9)12-5-7-2-1-3-8(4-7)14(15)16/h1-4,6H,5H2,(H,12,13). The first-order valence-corrected chi connectivity index (χ1v) is 5.99. The molecule has 0 aliphatic heterocycles. The van der Waals surface area contributed by atoms with E-state index in [1.165, 1.54) is 23.5 Å². The molecule has 0 saturated carbocycles. The van der Waals surface area contributed by atoms with E-state index in [1.54, 1.807) is 11.4 Å². The quantitative estimate of drug-likeness (QED) is 0.683. The van der Waals surface area contributed by atoms with Crippen molar-refractivity contribution in [2.75, 3.05) is 5.32 Å². The summed E-state index contributed by atoms with van der Waals surface area (Å²) in [5.74, 6) is 0. The predicted octanol–water partition coefficient (Wildman–Crippen LogP) is 3.32. The number of nitro benzene ring substituents is 1. The summed E-state index contributed by atoms with van der Waals surface area (Å²) >= 11 is 7.07. The summed E-state index contributed by atoms with van der Waals surface area (Å²) in [4.78, 5) is 14.2. The van der Waals surface area contributed by atoms with Crippen molar-refractivity contribution in [3.63, 3.8) is 0 Å². The van der Waals surface area contributed by atoms with Crippen LogP contribution in [0, 0.1) is 10.1 Å². The third-order valence-corrected chi connectivity index (χ3v) is 3.16. The van der Waals surface area contributed by atoms with Crippen LogP contribution < -0.4 is 5.32 Å². The molecule has 2 aromatic rings. The Bertz CT molecular complexity index is 544. The van der Waals surface area contributed by atoms with E-state index in [0.717, 1.165) is 5.56 Å². The van der Waals surface area contributed by atoms with Crippen LogP contribution in [0.4, 0.5) is 10.8 Å². The number of thiazole rings is 1.